The highest BCUT2D eigenvalue weighted by atomic mass is 35.5. The minimum absolute atomic E-state index is 0.521. The quantitative estimate of drug-likeness (QED) is 0.0733. The van der Waals surface area contributed by atoms with Crippen molar-refractivity contribution in [1.82, 2.24) is 0 Å². The lowest BCUT2D eigenvalue weighted by Gasteiger charge is -2.26. The summed E-state index contributed by atoms with van der Waals surface area (Å²) in [7, 11) is 0. The van der Waals surface area contributed by atoms with Gasteiger partial charge in [0.25, 0.3) is 0 Å². The fourth-order valence-electron chi connectivity index (χ4n) is 9.31. The topological polar surface area (TPSA) is 0 Å². The lowest BCUT2D eigenvalue weighted by molar-refractivity contribution is 0.384. The highest BCUT2D eigenvalue weighted by molar-refractivity contribution is 6.31. The molecule has 0 spiro atoms. The lowest BCUT2D eigenvalue weighted by Crippen LogP contribution is -2.12. The molecule has 0 atom stereocenters. The van der Waals surface area contributed by atoms with Crippen LogP contribution < -0.4 is 0 Å². The highest BCUT2D eigenvalue weighted by Gasteiger charge is 2.22. The van der Waals surface area contributed by atoms with Crippen molar-refractivity contribution in [2.75, 3.05) is 0 Å². The van der Waals surface area contributed by atoms with Crippen molar-refractivity contribution in [3.05, 3.63) is 139 Å². The lowest BCUT2D eigenvalue weighted by atomic mass is 9.78. The Morgan fingerprint density at radius 1 is 0.410 bits per heavy atom. The SMILES string of the molecule is CCCCCCCc1ccc([C@H]2CC[C@H](C#Cc3ccc(CCC)c(Cl)c3)CC2)cc1.CCCCCCc1ccc([C@H]2CC[C@H](C#Cc3ccc(CCC)c(Cl)c3)CC2)cc1. The molecule has 0 aromatic heterocycles. The molecule has 4 aromatic rings. The first-order chi connectivity index (χ1) is 29.9. The van der Waals surface area contributed by atoms with E-state index in [2.05, 4.69) is 124 Å². The van der Waals surface area contributed by atoms with E-state index in [0.29, 0.717) is 23.7 Å². The van der Waals surface area contributed by atoms with Crippen LogP contribution in [0.1, 0.15) is 206 Å². The Balaban J connectivity index is 0.000000231. The predicted octanol–water partition coefficient (Wildman–Crippen LogP) is 17.9. The Hall–Kier alpha value is -3.42. The first-order valence-electron chi connectivity index (χ1n) is 24.7. The molecule has 0 bridgehead atoms. The molecular weight excluding hydrogens is 780 g/mol. The maximum Gasteiger partial charge on any atom is 0.0450 e. The van der Waals surface area contributed by atoms with Gasteiger partial charge in [-0.1, -0.05) is 193 Å². The van der Waals surface area contributed by atoms with Gasteiger partial charge in [-0.2, -0.15) is 0 Å². The molecule has 2 saturated carbocycles. The van der Waals surface area contributed by atoms with Crippen molar-refractivity contribution in [2.24, 2.45) is 11.8 Å². The second-order valence-electron chi connectivity index (χ2n) is 18.2. The molecule has 326 valence electrons. The van der Waals surface area contributed by atoms with E-state index in [1.54, 1.807) is 0 Å². The Morgan fingerprint density at radius 3 is 1.15 bits per heavy atom. The Bertz CT molecular complexity index is 1970. The summed E-state index contributed by atoms with van der Waals surface area (Å²) in [6.45, 7) is 8.92. The molecule has 4 aromatic carbocycles. The van der Waals surface area contributed by atoms with Crippen LogP contribution in [-0.4, -0.2) is 0 Å². The smallest absolute Gasteiger partial charge is 0.0450 e. The van der Waals surface area contributed by atoms with Gasteiger partial charge in [-0.15, -0.1) is 0 Å². The van der Waals surface area contributed by atoms with Crippen LogP contribution in [0, 0.1) is 35.5 Å². The molecule has 61 heavy (non-hydrogen) atoms. The number of benzene rings is 4. The van der Waals surface area contributed by atoms with Crippen molar-refractivity contribution >= 4 is 23.2 Å². The van der Waals surface area contributed by atoms with Crippen LogP contribution in [-0.2, 0) is 25.7 Å². The molecule has 0 radical (unpaired) electrons. The van der Waals surface area contributed by atoms with Gasteiger partial charge in [-0.05, 0) is 159 Å². The standard InChI is InChI=1S/C30H39Cl.C29H37Cl/c1-3-5-6-7-8-10-24-13-18-27(19-14-24)28-20-15-25(16-21-28)11-12-26-17-22-29(9-4-2)30(31)23-26;1-3-5-6-7-9-23-12-17-26(18-13-23)27-19-14-24(15-20-27)10-11-25-16-21-28(8-4-2)29(30)22-25/h13-14,17-19,22-23,25,28H,3-10,15-16,20-21H2,1-2H3;12-13,16-18,21-22,24,27H,3-9,14-15,19-20H2,1-2H3/t25-,28-;24-,27-. The third kappa shape index (κ3) is 17.0. The Morgan fingerprint density at radius 2 is 0.787 bits per heavy atom. The molecule has 2 fully saturated rings. The molecule has 0 N–H and O–H groups in total. The van der Waals surface area contributed by atoms with Gasteiger partial charge in [-0.25, -0.2) is 0 Å². The molecule has 0 aliphatic heterocycles. The fraction of sp³-hybridized carbons (Fsp3) is 0.525. The van der Waals surface area contributed by atoms with Crippen LogP contribution in [0.25, 0.3) is 0 Å². The molecule has 2 heteroatoms. The maximum absolute atomic E-state index is 6.41. The van der Waals surface area contributed by atoms with Crippen molar-refractivity contribution in [3.8, 4) is 23.7 Å². The summed E-state index contributed by atoms with van der Waals surface area (Å²) in [6.07, 6.45) is 28.8. The zero-order valence-corrected chi connectivity index (χ0v) is 39.9. The number of hydrogen-bond donors (Lipinski definition) is 0. The molecule has 0 saturated heterocycles. The minimum Gasteiger partial charge on any atom is -0.0945 e. The second kappa shape index (κ2) is 27.6. The van der Waals surface area contributed by atoms with Gasteiger partial charge in [-0.3, -0.25) is 0 Å². The van der Waals surface area contributed by atoms with E-state index in [1.807, 2.05) is 12.1 Å². The van der Waals surface area contributed by atoms with Crippen molar-refractivity contribution < 1.29 is 0 Å². The zero-order valence-electron chi connectivity index (χ0n) is 38.4. The van der Waals surface area contributed by atoms with Gasteiger partial charge < -0.3 is 0 Å². The van der Waals surface area contributed by atoms with Gasteiger partial charge >= 0.3 is 0 Å². The van der Waals surface area contributed by atoms with Crippen molar-refractivity contribution in [2.45, 2.75) is 187 Å². The second-order valence-corrected chi connectivity index (χ2v) is 19.0. The Labute approximate surface area is 383 Å². The summed E-state index contributed by atoms with van der Waals surface area (Å²) < 4.78 is 0. The molecule has 0 unspecified atom stereocenters. The largest absolute Gasteiger partial charge is 0.0945 e. The highest BCUT2D eigenvalue weighted by Crippen LogP contribution is 2.37. The molecule has 2 aliphatic carbocycles. The van der Waals surface area contributed by atoms with Gasteiger partial charge in [0.1, 0.15) is 0 Å². The number of aryl methyl sites for hydroxylation is 4. The molecule has 0 nitrogen and oxygen atoms in total. The summed E-state index contributed by atoms with van der Waals surface area (Å²) in [6, 6.07) is 31.6. The molecule has 0 amide bonds. The van der Waals surface area contributed by atoms with E-state index in [9.17, 15) is 0 Å². The van der Waals surface area contributed by atoms with E-state index in [1.165, 1.54) is 155 Å². The zero-order chi connectivity index (χ0) is 43.1. The predicted molar refractivity (Wildman–Crippen MR) is 267 cm³/mol. The van der Waals surface area contributed by atoms with Crippen LogP contribution in [0.2, 0.25) is 10.0 Å². The number of unbranched alkanes of at least 4 members (excludes halogenated alkanes) is 7. The van der Waals surface area contributed by atoms with Gasteiger partial charge in [0.05, 0.1) is 0 Å². The fourth-order valence-corrected chi connectivity index (χ4v) is 9.86. The number of halogens is 2. The van der Waals surface area contributed by atoms with Gasteiger partial charge in [0.15, 0.2) is 0 Å². The van der Waals surface area contributed by atoms with E-state index in [0.717, 1.165) is 46.9 Å². The number of hydrogen-bond acceptors (Lipinski definition) is 0. The monoisotopic (exact) mass is 855 g/mol. The molecule has 2 aliphatic rings. The molecular formula is C59H76Cl2. The van der Waals surface area contributed by atoms with E-state index in [4.69, 9.17) is 23.2 Å². The maximum atomic E-state index is 6.41. The van der Waals surface area contributed by atoms with Crippen LogP contribution in [0.4, 0.5) is 0 Å². The first-order valence-corrected chi connectivity index (χ1v) is 25.4. The van der Waals surface area contributed by atoms with Crippen LogP contribution in [0.15, 0.2) is 84.9 Å². The number of rotatable bonds is 17. The molecule has 6 rings (SSSR count). The average molecular weight is 856 g/mol. The van der Waals surface area contributed by atoms with E-state index < -0.39 is 0 Å². The first kappa shape index (κ1) is 48.6. The van der Waals surface area contributed by atoms with E-state index in [-0.39, 0.29) is 0 Å². The summed E-state index contributed by atoms with van der Waals surface area (Å²) in [5.41, 5.74) is 10.6. The summed E-state index contributed by atoms with van der Waals surface area (Å²) in [5.74, 6) is 16.3. The third-order valence-corrected chi connectivity index (χ3v) is 13.9. The van der Waals surface area contributed by atoms with Crippen LogP contribution in [0.3, 0.4) is 0 Å². The third-order valence-electron chi connectivity index (χ3n) is 13.2. The van der Waals surface area contributed by atoms with Crippen LogP contribution >= 0.6 is 23.2 Å². The Kier molecular flexibility index (Phi) is 22.0. The molecule has 0 heterocycles. The van der Waals surface area contributed by atoms with Crippen LogP contribution in [0.5, 0.6) is 0 Å². The van der Waals surface area contributed by atoms with E-state index >= 15 is 0 Å². The summed E-state index contributed by atoms with van der Waals surface area (Å²) >= 11 is 12.8. The minimum atomic E-state index is 0.521. The van der Waals surface area contributed by atoms with Crippen molar-refractivity contribution in [3.63, 3.8) is 0 Å². The van der Waals surface area contributed by atoms with Gasteiger partial charge in [0, 0.05) is 33.0 Å². The summed E-state index contributed by atoms with van der Waals surface area (Å²) in [5, 5.41) is 1.72. The average Bonchev–Trinajstić information content (AvgIpc) is 3.29. The summed E-state index contributed by atoms with van der Waals surface area (Å²) in [4.78, 5) is 0. The van der Waals surface area contributed by atoms with Gasteiger partial charge in [0.2, 0.25) is 0 Å². The normalized spacial score (nSPS) is 18.5. The van der Waals surface area contributed by atoms with Crippen molar-refractivity contribution in [1.29, 1.82) is 0 Å².